The number of carbonyl (C=O) groups is 2. The molecule has 0 bridgehead atoms. The Morgan fingerprint density at radius 1 is 1.18 bits per heavy atom. The number of carboxylic acid groups (broad SMARTS) is 1. The highest BCUT2D eigenvalue weighted by Gasteiger charge is 2.45. The fourth-order valence-electron chi connectivity index (χ4n) is 4.56. The zero-order valence-electron chi connectivity index (χ0n) is 17.7. The van der Waals surface area contributed by atoms with Crippen LogP contribution in [-0.4, -0.2) is 51.1 Å². The lowest BCUT2D eigenvalue weighted by atomic mass is 9.68. The Morgan fingerprint density at radius 3 is 2.55 bits per heavy atom. The second-order valence-electron chi connectivity index (χ2n) is 8.26. The Kier molecular flexibility index (Phi) is 6.11. The second-order valence-corrected chi connectivity index (χ2v) is 8.26. The summed E-state index contributed by atoms with van der Waals surface area (Å²) in [6.45, 7) is 3.39. The minimum absolute atomic E-state index is 0.201. The molecule has 1 aromatic carbocycles. The maximum Gasteiger partial charge on any atom is 0.490 e. The number of hydrogen-bond donors (Lipinski definition) is 3. The van der Waals surface area contributed by atoms with Crippen molar-refractivity contribution in [1.82, 2.24) is 20.2 Å². The van der Waals surface area contributed by atoms with E-state index >= 15 is 0 Å². The van der Waals surface area contributed by atoms with Crippen molar-refractivity contribution in [1.29, 1.82) is 0 Å². The van der Waals surface area contributed by atoms with Crippen molar-refractivity contribution < 1.29 is 27.9 Å². The van der Waals surface area contributed by atoms with Gasteiger partial charge in [-0.15, -0.1) is 0 Å². The number of rotatable bonds is 2. The van der Waals surface area contributed by atoms with Gasteiger partial charge in [-0.3, -0.25) is 14.7 Å². The first-order valence-corrected chi connectivity index (χ1v) is 10.5. The minimum atomic E-state index is -5.08. The molecule has 2 aliphatic heterocycles. The Morgan fingerprint density at radius 2 is 1.88 bits per heavy atom. The van der Waals surface area contributed by atoms with E-state index in [2.05, 4.69) is 50.5 Å². The van der Waals surface area contributed by atoms with Crippen molar-refractivity contribution in [2.24, 2.45) is 0 Å². The predicted molar refractivity (Wildman–Crippen MR) is 114 cm³/mol. The third-order valence-corrected chi connectivity index (χ3v) is 6.23. The molecule has 0 unspecified atom stereocenters. The van der Waals surface area contributed by atoms with Crippen LogP contribution in [0.4, 0.5) is 13.2 Å². The fraction of sp³-hybridized carbons (Fsp3) is 0.348. The number of fused-ring (bicyclic) bond motifs is 3. The SMILES string of the molecule is O=C(O)C(F)(F)F.O=C1NCc2ccccc2C12CCN(Cc1cc3cnccc3[nH]1)CC2. The molecular formula is C23H23F3N4O3. The van der Waals surface area contributed by atoms with E-state index in [9.17, 15) is 18.0 Å². The molecule has 2 aliphatic rings. The Labute approximate surface area is 187 Å². The molecule has 1 amide bonds. The number of hydrogen-bond acceptors (Lipinski definition) is 4. The number of nitrogens with one attached hydrogen (secondary N) is 2. The monoisotopic (exact) mass is 460 g/mol. The van der Waals surface area contributed by atoms with Gasteiger partial charge in [0.1, 0.15) is 0 Å². The van der Waals surface area contributed by atoms with Crippen molar-refractivity contribution in [3.63, 3.8) is 0 Å². The van der Waals surface area contributed by atoms with Gasteiger partial charge >= 0.3 is 12.1 Å². The smallest absolute Gasteiger partial charge is 0.475 e. The first kappa shape index (κ1) is 22.8. The molecule has 1 saturated heterocycles. The van der Waals surface area contributed by atoms with Crippen molar-refractivity contribution in [2.45, 2.75) is 37.5 Å². The van der Waals surface area contributed by atoms with E-state index in [0.717, 1.165) is 43.4 Å². The van der Waals surface area contributed by atoms with E-state index < -0.39 is 12.1 Å². The molecule has 3 aromatic rings. The third-order valence-electron chi connectivity index (χ3n) is 6.23. The minimum Gasteiger partial charge on any atom is -0.475 e. The lowest BCUT2D eigenvalue weighted by Crippen LogP contribution is -2.54. The first-order valence-electron chi connectivity index (χ1n) is 10.5. The van der Waals surface area contributed by atoms with E-state index in [0.29, 0.717) is 6.54 Å². The van der Waals surface area contributed by atoms with Crippen molar-refractivity contribution in [3.8, 4) is 0 Å². The molecule has 1 fully saturated rings. The average molecular weight is 460 g/mol. The number of carboxylic acids is 1. The summed E-state index contributed by atoms with van der Waals surface area (Å²) in [5.41, 5.74) is 4.49. The van der Waals surface area contributed by atoms with Crippen molar-refractivity contribution in [2.75, 3.05) is 13.1 Å². The molecule has 33 heavy (non-hydrogen) atoms. The highest BCUT2D eigenvalue weighted by molar-refractivity contribution is 5.90. The van der Waals surface area contributed by atoms with Crippen LogP contribution in [0.5, 0.6) is 0 Å². The van der Waals surface area contributed by atoms with Gasteiger partial charge in [-0.05, 0) is 49.2 Å². The van der Waals surface area contributed by atoms with Crippen LogP contribution in [0.3, 0.4) is 0 Å². The van der Waals surface area contributed by atoms with Gasteiger partial charge in [-0.25, -0.2) is 4.79 Å². The number of pyridine rings is 1. The Hall–Kier alpha value is -3.40. The van der Waals surface area contributed by atoms with E-state index in [1.807, 2.05) is 18.5 Å². The summed E-state index contributed by atoms with van der Waals surface area (Å²) in [4.78, 5) is 31.8. The largest absolute Gasteiger partial charge is 0.490 e. The molecule has 0 saturated carbocycles. The molecule has 5 rings (SSSR count). The molecule has 7 nitrogen and oxygen atoms in total. The van der Waals surface area contributed by atoms with Gasteiger partial charge in [0.25, 0.3) is 0 Å². The topological polar surface area (TPSA) is 98.3 Å². The normalized spacial score (nSPS) is 17.7. The number of likely N-dealkylation sites (tertiary alicyclic amines) is 1. The van der Waals surface area contributed by atoms with Gasteiger partial charge in [-0.2, -0.15) is 13.2 Å². The summed E-state index contributed by atoms with van der Waals surface area (Å²) in [6, 6.07) is 12.6. The number of H-pyrrole nitrogens is 1. The summed E-state index contributed by atoms with van der Waals surface area (Å²) in [6.07, 6.45) is 0.367. The Bertz CT molecular complexity index is 1130. The molecule has 174 valence electrons. The molecule has 3 N–H and O–H groups in total. The Balaban J connectivity index is 0.000000325. The molecule has 0 aliphatic carbocycles. The van der Waals surface area contributed by atoms with Crippen molar-refractivity contribution in [3.05, 3.63) is 65.6 Å². The van der Waals surface area contributed by atoms with Gasteiger partial charge in [0.2, 0.25) is 5.91 Å². The average Bonchev–Trinajstić information content (AvgIpc) is 3.20. The molecule has 0 atom stereocenters. The lowest BCUT2D eigenvalue weighted by molar-refractivity contribution is -0.192. The number of aromatic nitrogens is 2. The standard InChI is InChI=1S/C21H22N4O.C2HF3O2/c26-20-21(18-4-2-1-3-15(18)13-23-20)6-9-25(10-7-21)14-17-11-16-12-22-8-5-19(16)24-17;3-2(4,5)1(6)7/h1-5,8,11-12,24H,6-7,9-10,13-14H2,(H,23,26);(H,6,7). The maximum atomic E-state index is 12.8. The second kappa shape index (κ2) is 8.86. The lowest BCUT2D eigenvalue weighted by Gasteiger charge is -2.44. The number of alkyl halides is 3. The quantitative estimate of drug-likeness (QED) is 0.545. The predicted octanol–water partition coefficient (Wildman–Crippen LogP) is 3.36. The summed E-state index contributed by atoms with van der Waals surface area (Å²) >= 11 is 0. The number of nitrogens with zero attached hydrogens (tertiary/aromatic N) is 2. The van der Waals surface area contributed by atoms with Gasteiger partial charge in [0.05, 0.1) is 5.41 Å². The summed E-state index contributed by atoms with van der Waals surface area (Å²) in [5.74, 6) is -2.56. The first-order chi connectivity index (χ1) is 15.7. The molecule has 1 spiro atoms. The number of halogens is 3. The number of amides is 1. The number of aliphatic carboxylic acids is 1. The molecular weight excluding hydrogens is 437 g/mol. The molecule has 10 heteroatoms. The summed E-state index contributed by atoms with van der Waals surface area (Å²) in [7, 11) is 0. The maximum absolute atomic E-state index is 12.8. The third kappa shape index (κ3) is 4.70. The van der Waals surface area contributed by atoms with E-state index in [4.69, 9.17) is 9.90 Å². The van der Waals surface area contributed by atoms with E-state index in [-0.39, 0.29) is 11.3 Å². The number of piperidine rings is 1. The van der Waals surface area contributed by atoms with E-state index in [1.165, 1.54) is 16.8 Å². The summed E-state index contributed by atoms with van der Waals surface area (Å²) in [5, 5.41) is 11.4. The zero-order chi connectivity index (χ0) is 23.6. The fourth-order valence-corrected chi connectivity index (χ4v) is 4.56. The van der Waals surface area contributed by atoms with Crippen molar-refractivity contribution >= 4 is 22.8 Å². The van der Waals surface area contributed by atoms with Crippen LogP contribution in [0.15, 0.2) is 48.8 Å². The van der Waals surface area contributed by atoms with Crippen LogP contribution in [0.2, 0.25) is 0 Å². The highest BCUT2D eigenvalue weighted by Crippen LogP contribution is 2.40. The zero-order valence-corrected chi connectivity index (χ0v) is 17.7. The summed E-state index contributed by atoms with van der Waals surface area (Å²) < 4.78 is 31.7. The van der Waals surface area contributed by atoms with Crippen LogP contribution in [-0.2, 0) is 28.1 Å². The molecule has 4 heterocycles. The van der Waals surface area contributed by atoms with Gasteiger partial charge < -0.3 is 15.4 Å². The highest BCUT2D eigenvalue weighted by atomic mass is 19.4. The van der Waals surface area contributed by atoms with Gasteiger partial charge in [-0.1, -0.05) is 24.3 Å². The van der Waals surface area contributed by atoms with Crippen LogP contribution in [0.1, 0.15) is 29.7 Å². The van der Waals surface area contributed by atoms with Crippen LogP contribution in [0.25, 0.3) is 10.9 Å². The van der Waals surface area contributed by atoms with Gasteiger partial charge in [0.15, 0.2) is 0 Å². The molecule has 0 radical (unpaired) electrons. The van der Waals surface area contributed by atoms with Gasteiger partial charge in [0, 0.05) is 42.1 Å². The van der Waals surface area contributed by atoms with E-state index in [1.54, 1.807) is 0 Å². The number of benzene rings is 1. The number of aromatic amines is 1. The van der Waals surface area contributed by atoms with Crippen LogP contribution in [0, 0.1) is 0 Å². The van der Waals surface area contributed by atoms with Crippen LogP contribution < -0.4 is 5.32 Å². The number of carbonyl (C=O) groups excluding carboxylic acids is 1. The molecule has 2 aromatic heterocycles. The van der Waals surface area contributed by atoms with Crippen LogP contribution >= 0.6 is 0 Å².